The second kappa shape index (κ2) is 7.87. The predicted molar refractivity (Wildman–Crippen MR) is 125 cm³/mol. The highest BCUT2D eigenvalue weighted by atomic mass is 19.1. The first-order valence-corrected chi connectivity index (χ1v) is 10.7. The van der Waals surface area contributed by atoms with E-state index in [0.717, 1.165) is 24.5 Å². The van der Waals surface area contributed by atoms with E-state index < -0.39 is 5.82 Å². The summed E-state index contributed by atoms with van der Waals surface area (Å²) in [4.78, 5) is 27.4. The van der Waals surface area contributed by atoms with Crippen LogP contribution in [0.5, 0.6) is 0 Å². The van der Waals surface area contributed by atoms with E-state index in [1.165, 1.54) is 6.07 Å². The SMILES string of the molecule is Cc1cc2cc(NC(=O)c3ccc(N4C[C@@H](C)N[C@@H](C)C4)c4nccnc34)cc(F)c2[nH]1. The first-order chi connectivity index (χ1) is 15.4. The molecule has 0 radical (unpaired) electrons. The molecule has 0 aliphatic carbocycles. The topological polar surface area (TPSA) is 85.9 Å². The zero-order valence-electron chi connectivity index (χ0n) is 18.2. The van der Waals surface area contributed by atoms with E-state index in [-0.39, 0.29) is 5.91 Å². The van der Waals surface area contributed by atoms with Crippen molar-refractivity contribution in [3.8, 4) is 0 Å². The van der Waals surface area contributed by atoms with Crippen LogP contribution in [-0.4, -0.2) is 46.0 Å². The molecule has 2 atom stereocenters. The van der Waals surface area contributed by atoms with E-state index in [9.17, 15) is 9.18 Å². The summed E-state index contributed by atoms with van der Waals surface area (Å²) in [5.41, 5.74) is 4.25. The van der Waals surface area contributed by atoms with Crippen molar-refractivity contribution < 1.29 is 9.18 Å². The number of carbonyl (C=O) groups is 1. The van der Waals surface area contributed by atoms with Crippen molar-refractivity contribution in [3.63, 3.8) is 0 Å². The van der Waals surface area contributed by atoms with Crippen molar-refractivity contribution in [3.05, 3.63) is 59.8 Å². The summed E-state index contributed by atoms with van der Waals surface area (Å²) in [5.74, 6) is -0.761. The first-order valence-electron chi connectivity index (χ1n) is 10.7. The van der Waals surface area contributed by atoms with Gasteiger partial charge in [-0.1, -0.05) is 0 Å². The maximum atomic E-state index is 14.5. The molecule has 0 unspecified atom stereocenters. The van der Waals surface area contributed by atoms with E-state index in [4.69, 9.17) is 0 Å². The molecule has 164 valence electrons. The molecule has 4 aromatic rings. The first kappa shape index (κ1) is 20.4. The van der Waals surface area contributed by atoms with Gasteiger partial charge in [-0.15, -0.1) is 0 Å². The molecule has 5 rings (SSSR count). The fourth-order valence-corrected chi connectivity index (χ4v) is 4.62. The van der Waals surface area contributed by atoms with Gasteiger partial charge < -0.3 is 20.5 Å². The zero-order chi connectivity index (χ0) is 22.4. The molecule has 0 bridgehead atoms. The van der Waals surface area contributed by atoms with Crippen LogP contribution < -0.4 is 15.5 Å². The minimum atomic E-state index is -0.409. The third-order valence-corrected chi connectivity index (χ3v) is 5.82. The van der Waals surface area contributed by atoms with E-state index >= 15 is 0 Å². The Morgan fingerprint density at radius 2 is 1.81 bits per heavy atom. The second-order valence-electron chi connectivity index (χ2n) is 8.59. The highest BCUT2D eigenvalue weighted by molar-refractivity contribution is 6.13. The molecule has 2 aromatic heterocycles. The number of hydrogen-bond acceptors (Lipinski definition) is 5. The fraction of sp³-hybridized carbons (Fsp3) is 0.292. The zero-order valence-corrected chi connectivity index (χ0v) is 18.2. The molecule has 7 nitrogen and oxygen atoms in total. The summed E-state index contributed by atoms with van der Waals surface area (Å²) in [7, 11) is 0. The number of amides is 1. The minimum Gasteiger partial charge on any atom is -0.367 e. The number of hydrogen-bond donors (Lipinski definition) is 3. The van der Waals surface area contributed by atoms with Gasteiger partial charge in [0.2, 0.25) is 0 Å². The average Bonchev–Trinajstić information content (AvgIpc) is 3.13. The smallest absolute Gasteiger partial charge is 0.257 e. The van der Waals surface area contributed by atoms with Crippen molar-refractivity contribution in [1.29, 1.82) is 0 Å². The van der Waals surface area contributed by atoms with E-state index in [1.807, 2.05) is 19.1 Å². The number of nitrogens with one attached hydrogen (secondary N) is 3. The quantitative estimate of drug-likeness (QED) is 0.456. The number of anilines is 2. The van der Waals surface area contributed by atoms with E-state index in [2.05, 4.69) is 44.3 Å². The summed E-state index contributed by atoms with van der Waals surface area (Å²) in [6.45, 7) is 7.86. The molecule has 1 amide bonds. The van der Waals surface area contributed by atoms with E-state index in [0.29, 0.717) is 45.3 Å². The number of carbonyl (C=O) groups excluding carboxylic acids is 1. The number of benzene rings is 2. The number of aromatic nitrogens is 3. The van der Waals surface area contributed by atoms with Gasteiger partial charge >= 0.3 is 0 Å². The number of fused-ring (bicyclic) bond motifs is 2. The molecule has 3 heterocycles. The highest BCUT2D eigenvalue weighted by Gasteiger charge is 2.24. The van der Waals surface area contributed by atoms with Crippen LogP contribution in [0.2, 0.25) is 0 Å². The molecule has 0 spiro atoms. The lowest BCUT2D eigenvalue weighted by molar-refractivity contribution is 0.102. The van der Waals surface area contributed by atoms with Crippen LogP contribution in [0.3, 0.4) is 0 Å². The van der Waals surface area contributed by atoms with Crippen molar-refractivity contribution in [2.45, 2.75) is 32.9 Å². The van der Waals surface area contributed by atoms with Gasteiger partial charge in [-0.25, -0.2) is 4.39 Å². The maximum absolute atomic E-state index is 14.5. The number of piperazine rings is 1. The Balaban J connectivity index is 1.50. The van der Waals surface area contributed by atoms with Crippen LogP contribution in [0.25, 0.3) is 21.9 Å². The number of aryl methyl sites for hydroxylation is 1. The Kier molecular flexibility index (Phi) is 5.01. The van der Waals surface area contributed by atoms with Gasteiger partial charge in [-0.2, -0.15) is 0 Å². The van der Waals surface area contributed by atoms with Gasteiger partial charge in [0.05, 0.1) is 16.8 Å². The fourth-order valence-electron chi connectivity index (χ4n) is 4.62. The molecule has 0 saturated carbocycles. The predicted octanol–water partition coefficient (Wildman–Crippen LogP) is 4.00. The lowest BCUT2D eigenvalue weighted by Crippen LogP contribution is -2.54. The molecule has 1 saturated heterocycles. The molecule has 3 N–H and O–H groups in total. The lowest BCUT2D eigenvalue weighted by Gasteiger charge is -2.38. The molecule has 1 fully saturated rings. The highest BCUT2D eigenvalue weighted by Crippen LogP contribution is 2.29. The maximum Gasteiger partial charge on any atom is 0.257 e. The summed E-state index contributed by atoms with van der Waals surface area (Å²) in [6.07, 6.45) is 3.22. The lowest BCUT2D eigenvalue weighted by atomic mass is 10.1. The van der Waals surface area contributed by atoms with Crippen LogP contribution in [0, 0.1) is 12.7 Å². The molecule has 1 aliphatic heterocycles. The van der Waals surface area contributed by atoms with Gasteiger partial charge in [-0.3, -0.25) is 14.8 Å². The Morgan fingerprint density at radius 3 is 2.56 bits per heavy atom. The van der Waals surface area contributed by atoms with Crippen LogP contribution in [0.4, 0.5) is 15.8 Å². The molecule has 2 aromatic carbocycles. The van der Waals surface area contributed by atoms with Gasteiger partial charge in [0, 0.05) is 54.3 Å². The standard InChI is InChI=1S/C24H25FN6O/c1-13-8-16-9-17(10-19(25)21(16)29-13)30-24(32)18-4-5-20(23-22(18)26-6-7-27-23)31-11-14(2)28-15(3)12-31/h4-10,14-15,28-29H,11-12H2,1-3H3,(H,30,32)/t14-,15+. The largest absolute Gasteiger partial charge is 0.367 e. The van der Waals surface area contributed by atoms with E-state index in [1.54, 1.807) is 24.5 Å². The Labute approximate surface area is 185 Å². The van der Waals surface area contributed by atoms with Crippen LogP contribution >= 0.6 is 0 Å². The van der Waals surface area contributed by atoms with Gasteiger partial charge in [-0.05, 0) is 51.1 Å². The number of halogens is 1. The van der Waals surface area contributed by atoms with Crippen molar-refractivity contribution >= 4 is 39.2 Å². The minimum absolute atomic E-state index is 0.343. The molecule has 8 heteroatoms. The summed E-state index contributed by atoms with van der Waals surface area (Å²) >= 11 is 0. The van der Waals surface area contributed by atoms with Gasteiger partial charge in [0.15, 0.2) is 0 Å². The Morgan fingerprint density at radius 1 is 1.09 bits per heavy atom. The Hall–Kier alpha value is -3.52. The second-order valence-corrected chi connectivity index (χ2v) is 8.59. The van der Waals surface area contributed by atoms with Crippen LogP contribution in [-0.2, 0) is 0 Å². The number of H-pyrrole nitrogens is 1. The number of rotatable bonds is 3. The van der Waals surface area contributed by atoms with Crippen molar-refractivity contribution in [2.24, 2.45) is 0 Å². The molecular formula is C24H25FN6O. The number of aromatic amines is 1. The van der Waals surface area contributed by atoms with Gasteiger partial charge in [0.25, 0.3) is 5.91 Å². The molecular weight excluding hydrogens is 407 g/mol. The summed E-state index contributed by atoms with van der Waals surface area (Å²) < 4.78 is 14.5. The normalized spacial score (nSPS) is 18.9. The van der Waals surface area contributed by atoms with Crippen LogP contribution in [0.1, 0.15) is 29.9 Å². The van der Waals surface area contributed by atoms with Crippen LogP contribution in [0.15, 0.2) is 42.7 Å². The molecule has 32 heavy (non-hydrogen) atoms. The monoisotopic (exact) mass is 432 g/mol. The van der Waals surface area contributed by atoms with Crippen molar-refractivity contribution in [1.82, 2.24) is 20.3 Å². The third-order valence-electron chi connectivity index (χ3n) is 5.82. The van der Waals surface area contributed by atoms with Crippen molar-refractivity contribution in [2.75, 3.05) is 23.3 Å². The summed E-state index contributed by atoms with van der Waals surface area (Å²) in [5, 5.41) is 7.06. The average molecular weight is 433 g/mol. The molecule has 1 aliphatic rings. The Bertz CT molecular complexity index is 1320. The summed E-state index contributed by atoms with van der Waals surface area (Å²) in [6, 6.07) is 9.31. The third kappa shape index (κ3) is 3.67. The van der Waals surface area contributed by atoms with Gasteiger partial charge in [0.1, 0.15) is 16.9 Å². The number of nitrogens with zero attached hydrogens (tertiary/aromatic N) is 3.